The van der Waals surface area contributed by atoms with E-state index in [4.69, 9.17) is 4.74 Å². The molecule has 2 N–H and O–H groups in total. The molecule has 1 fully saturated rings. The van der Waals surface area contributed by atoms with Gasteiger partial charge in [0.2, 0.25) is 5.91 Å². The Morgan fingerprint density at radius 3 is 3.09 bits per heavy atom. The van der Waals surface area contributed by atoms with Crippen molar-refractivity contribution in [2.24, 2.45) is 5.41 Å². The van der Waals surface area contributed by atoms with Crippen molar-refractivity contribution in [1.82, 2.24) is 10.2 Å². The van der Waals surface area contributed by atoms with E-state index in [9.17, 15) is 9.90 Å². The summed E-state index contributed by atoms with van der Waals surface area (Å²) in [5, 5.41) is 12.5. The van der Waals surface area contributed by atoms with Crippen LogP contribution < -0.4 is 10.1 Å². The zero-order valence-electron chi connectivity index (χ0n) is 13.8. The molecule has 2 unspecified atom stereocenters. The van der Waals surface area contributed by atoms with Crippen LogP contribution >= 0.6 is 0 Å². The van der Waals surface area contributed by atoms with Crippen LogP contribution in [0.2, 0.25) is 0 Å². The number of piperidine rings is 1. The van der Waals surface area contributed by atoms with Gasteiger partial charge in [-0.1, -0.05) is 25.1 Å². The van der Waals surface area contributed by atoms with E-state index >= 15 is 0 Å². The lowest BCUT2D eigenvalue weighted by Crippen LogP contribution is -2.48. The van der Waals surface area contributed by atoms with Crippen LogP contribution in [0.15, 0.2) is 24.3 Å². The Morgan fingerprint density at radius 1 is 1.48 bits per heavy atom. The van der Waals surface area contributed by atoms with Crippen LogP contribution in [0.4, 0.5) is 0 Å². The first kappa shape index (κ1) is 16.3. The highest BCUT2D eigenvalue weighted by Gasteiger charge is 2.31. The number of hydrogen-bond acceptors (Lipinski definition) is 4. The number of nitrogens with zero attached hydrogens (tertiary/aromatic N) is 1. The molecule has 2 aliphatic heterocycles. The number of amides is 1. The Labute approximate surface area is 137 Å². The fraction of sp³-hybridized carbons (Fsp3) is 0.611. The molecule has 0 spiro atoms. The van der Waals surface area contributed by atoms with Gasteiger partial charge in [0, 0.05) is 25.0 Å². The number of aliphatic hydroxyl groups is 1. The zero-order valence-corrected chi connectivity index (χ0v) is 13.8. The molecule has 0 saturated carbocycles. The molecule has 0 bridgehead atoms. The van der Waals surface area contributed by atoms with E-state index in [0.717, 1.165) is 38.1 Å². The second kappa shape index (κ2) is 6.89. The van der Waals surface area contributed by atoms with Crippen LogP contribution in [0.25, 0.3) is 0 Å². The van der Waals surface area contributed by atoms with Gasteiger partial charge >= 0.3 is 0 Å². The lowest BCUT2D eigenvalue weighted by molar-refractivity contribution is -0.123. The first-order chi connectivity index (χ1) is 11.1. The minimum Gasteiger partial charge on any atom is -0.488 e. The topological polar surface area (TPSA) is 61.8 Å². The quantitative estimate of drug-likeness (QED) is 0.856. The normalized spacial score (nSPS) is 27.3. The van der Waals surface area contributed by atoms with Crippen LogP contribution in [0, 0.1) is 5.41 Å². The van der Waals surface area contributed by atoms with Gasteiger partial charge in [-0.25, -0.2) is 0 Å². The Balaban J connectivity index is 1.42. The first-order valence-electron chi connectivity index (χ1n) is 8.42. The van der Waals surface area contributed by atoms with Crippen LogP contribution in [0.1, 0.15) is 25.3 Å². The molecule has 1 aromatic carbocycles. The van der Waals surface area contributed by atoms with Crippen molar-refractivity contribution in [3.8, 4) is 5.75 Å². The Bertz CT molecular complexity index is 538. The number of aliphatic hydroxyl groups excluding tert-OH is 1. The number of rotatable bonds is 5. The Kier molecular flexibility index (Phi) is 4.87. The number of carbonyl (C=O) groups excluding carboxylic acids is 1. The van der Waals surface area contributed by atoms with E-state index in [1.54, 1.807) is 0 Å². The van der Waals surface area contributed by atoms with Crippen LogP contribution in [-0.2, 0) is 11.2 Å². The highest BCUT2D eigenvalue weighted by molar-refractivity contribution is 5.78. The first-order valence-corrected chi connectivity index (χ1v) is 8.42. The summed E-state index contributed by atoms with van der Waals surface area (Å²) in [6.07, 6.45) is 2.93. The molecule has 1 saturated heterocycles. The second-order valence-corrected chi connectivity index (χ2v) is 7.14. The van der Waals surface area contributed by atoms with Gasteiger partial charge in [0.25, 0.3) is 0 Å². The zero-order chi connectivity index (χ0) is 16.3. The van der Waals surface area contributed by atoms with Gasteiger partial charge in [-0.15, -0.1) is 0 Å². The number of nitrogens with one attached hydrogen (secondary N) is 1. The minimum absolute atomic E-state index is 0.0282. The standard InChI is InChI=1S/C18H26N2O3/c1-18(13-21)7-4-8-20(12-18)11-17(22)19-10-15-9-14-5-2-3-6-16(14)23-15/h2-3,5-6,15,21H,4,7-13H2,1H3,(H,19,22). The largest absolute Gasteiger partial charge is 0.488 e. The van der Waals surface area contributed by atoms with Crippen molar-refractivity contribution >= 4 is 5.91 Å². The second-order valence-electron chi connectivity index (χ2n) is 7.14. The molecule has 2 aliphatic rings. The molecule has 2 atom stereocenters. The van der Waals surface area contributed by atoms with Gasteiger partial charge in [0.05, 0.1) is 13.1 Å². The molecule has 0 aromatic heterocycles. The smallest absolute Gasteiger partial charge is 0.234 e. The SMILES string of the molecule is CC1(CO)CCCN(CC(=O)NCC2Cc3ccccc3O2)C1. The maximum atomic E-state index is 12.2. The Morgan fingerprint density at radius 2 is 2.30 bits per heavy atom. The molecule has 1 aromatic rings. The molecule has 1 amide bonds. The molecule has 23 heavy (non-hydrogen) atoms. The van der Waals surface area contributed by atoms with Crippen LogP contribution in [0.5, 0.6) is 5.75 Å². The number of hydrogen-bond donors (Lipinski definition) is 2. The van der Waals surface area contributed by atoms with Gasteiger partial charge in [-0.05, 0) is 31.0 Å². The third-order valence-electron chi connectivity index (χ3n) is 4.85. The number of benzene rings is 1. The summed E-state index contributed by atoms with van der Waals surface area (Å²) < 4.78 is 5.84. The molecule has 126 valence electrons. The van der Waals surface area contributed by atoms with Gasteiger partial charge in [-0.2, -0.15) is 0 Å². The number of ether oxygens (including phenoxy) is 1. The molecular weight excluding hydrogens is 292 g/mol. The summed E-state index contributed by atoms with van der Waals surface area (Å²) in [5.41, 5.74) is 1.14. The van der Waals surface area contributed by atoms with Crippen molar-refractivity contribution in [3.63, 3.8) is 0 Å². The highest BCUT2D eigenvalue weighted by Crippen LogP contribution is 2.29. The van der Waals surface area contributed by atoms with Gasteiger partial charge < -0.3 is 15.2 Å². The van der Waals surface area contributed by atoms with E-state index in [1.807, 2.05) is 18.2 Å². The lowest BCUT2D eigenvalue weighted by atomic mass is 9.83. The minimum atomic E-state index is -0.0747. The van der Waals surface area contributed by atoms with E-state index in [2.05, 4.69) is 23.2 Å². The van der Waals surface area contributed by atoms with Crippen molar-refractivity contribution in [2.45, 2.75) is 32.3 Å². The number of carbonyl (C=O) groups is 1. The van der Waals surface area contributed by atoms with Crippen molar-refractivity contribution in [1.29, 1.82) is 0 Å². The summed E-state index contributed by atoms with van der Waals surface area (Å²) in [5.74, 6) is 0.966. The summed E-state index contributed by atoms with van der Waals surface area (Å²) >= 11 is 0. The van der Waals surface area contributed by atoms with E-state index in [1.165, 1.54) is 5.56 Å². The molecule has 5 nitrogen and oxygen atoms in total. The molecular formula is C18H26N2O3. The number of fused-ring (bicyclic) bond motifs is 1. The summed E-state index contributed by atoms with van der Waals surface area (Å²) in [7, 11) is 0. The van der Waals surface area contributed by atoms with Gasteiger partial charge in [0.1, 0.15) is 11.9 Å². The number of likely N-dealkylation sites (tertiary alicyclic amines) is 1. The van der Waals surface area contributed by atoms with E-state index < -0.39 is 0 Å². The van der Waals surface area contributed by atoms with Gasteiger partial charge in [-0.3, -0.25) is 9.69 Å². The Hall–Kier alpha value is -1.59. The fourth-order valence-electron chi connectivity index (χ4n) is 3.55. The average molecular weight is 318 g/mol. The fourth-order valence-corrected chi connectivity index (χ4v) is 3.55. The van der Waals surface area contributed by atoms with Crippen LogP contribution in [-0.4, -0.2) is 54.8 Å². The van der Waals surface area contributed by atoms with Crippen molar-refractivity contribution < 1.29 is 14.6 Å². The highest BCUT2D eigenvalue weighted by atomic mass is 16.5. The third-order valence-corrected chi connectivity index (χ3v) is 4.85. The summed E-state index contributed by atoms with van der Waals surface area (Å²) in [4.78, 5) is 14.3. The predicted molar refractivity (Wildman–Crippen MR) is 88.4 cm³/mol. The maximum Gasteiger partial charge on any atom is 0.234 e. The summed E-state index contributed by atoms with van der Waals surface area (Å²) in [6.45, 7) is 4.91. The molecule has 0 aliphatic carbocycles. The lowest BCUT2D eigenvalue weighted by Gasteiger charge is -2.38. The number of para-hydroxylation sites is 1. The molecule has 5 heteroatoms. The summed E-state index contributed by atoms with van der Waals surface area (Å²) in [6, 6.07) is 8.02. The average Bonchev–Trinajstić information content (AvgIpc) is 2.96. The van der Waals surface area contributed by atoms with Crippen molar-refractivity contribution in [2.75, 3.05) is 32.8 Å². The van der Waals surface area contributed by atoms with E-state index in [0.29, 0.717) is 13.1 Å². The van der Waals surface area contributed by atoms with Crippen LogP contribution in [0.3, 0.4) is 0 Å². The van der Waals surface area contributed by atoms with E-state index in [-0.39, 0.29) is 24.0 Å². The predicted octanol–water partition coefficient (Wildman–Crippen LogP) is 1.20. The third kappa shape index (κ3) is 4.03. The molecule has 0 radical (unpaired) electrons. The molecule has 2 heterocycles. The van der Waals surface area contributed by atoms with Crippen molar-refractivity contribution in [3.05, 3.63) is 29.8 Å². The maximum absolute atomic E-state index is 12.2. The molecule has 3 rings (SSSR count). The van der Waals surface area contributed by atoms with Gasteiger partial charge in [0.15, 0.2) is 0 Å². The monoisotopic (exact) mass is 318 g/mol.